The molecule has 2 aromatic heterocycles. The maximum Gasteiger partial charge on any atom is 0.266 e. The van der Waals surface area contributed by atoms with Crippen molar-refractivity contribution in [1.29, 1.82) is 0 Å². The Hall–Kier alpha value is -1.53. The minimum absolute atomic E-state index is 0.0107. The van der Waals surface area contributed by atoms with E-state index < -0.39 is 0 Å². The number of hydrogen-bond donors (Lipinski definition) is 0. The van der Waals surface area contributed by atoms with Crippen LogP contribution in [0.25, 0.3) is 0 Å². The van der Waals surface area contributed by atoms with E-state index in [-0.39, 0.29) is 11.0 Å². The van der Waals surface area contributed by atoms with Crippen LogP contribution in [0, 0.1) is 6.92 Å². The van der Waals surface area contributed by atoms with Crippen molar-refractivity contribution in [1.82, 2.24) is 19.7 Å². The molecule has 3 rings (SSSR count). The molecule has 5 nitrogen and oxygen atoms in total. The van der Waals surface area contributed by atoms with Crippen LogP contribution in [0.15, 0.2) is 23.1 Å². The third-order valence-electron chi connectivity index (χ3n) is 4.55. The Morgan fingerprint density at radius 2 is 2.12 bits per heavy atom. The molecule has 0 bridgehead atoms. The van der Waals surface area contributed by atoms with Gasteiger partial charge in [-0.15, -0.1) is 11.3 Å². The van der Waals surface area contributed by atoms with E-state index in [0.29, 0.717) is 12.6 Å². The summed E-state index contributed by atoms with van der Waals surface area (Å²) in [6.45, 7) is 11.1. The van der Waals surface area contributed by atoms with Crippen molar-refractivity contribution >= 4 is 11.3 Å². The van der Waals surface area contributed by atoms with E-state index in [2.05, 4.69) is 35.8 Å². The second-order valence-corrected chi connectivity index (χ2v) is 8.92. The van der Waals surface area contributed by atoms with Crippen LogP contribution in [0.1, 0.15) is 49.2 Å². The molecule has 0 amide bonds. The Kier molecular flexibility index (Phi) is 4.88. The summed E-state index contributed by atoms with van der Waals surface area (Å²) in [4.78, 5) is 20.3. The number of hydrogen-bond acceptors (Lipinski definition) is 5. The zero-order valence-corrected chi connectivity index (χ0v) is 15.8. The summed E-state index contributed by atoms with van der Waals surface area (Å²) in [7, 11) is 0. The highest BCUT2D eigenvalue weighted by Gasteiger charge is 2.26. The highest BCUT2D eigenvalue weighted by Crippen LogP contribution is 2.24. The lowest BCUT2D eigenvalue weighted by atomic mass is 9.92. The van der Waals surface area contributed by atoms with Crippen molar-refractivity contribution in [3.05, 3.63) is 44.3 Å². The first-order valence-corrected chi connectivity index (χ1v) is 9.38. The van der Waals surface area contributed by atoms with E-state index in [4.69, 9.17) is 0 Å². The number of likely N-dealkylation sites (tertiary alicyclic amines) is 1. The van der Waals surface area contributed by atoms with Crippen molar-refractivity contribution in [3.8, 4) is 0 Å². The molecule has 1 saturated heterocycles. The molecule has 0 aliphatic carbocycles. The van der Waals surface area contributed by atoms with Crippen molar-refractivity contribution in [3.63, 3.8) is 0 Å². The number of aromatic nitrogens is 3. The van der Waals surface area contributed by atoms with Gasteiger partial charge in [-0.1, -0.05) is 20.8 Å². The van der Waals surface area contributed by atoms with Gasteiger partial charge in [0.1, 0.15) is 0 Å². The normalized spacial score (nSPS) is 19.1. The summed E-state index contributed by atoms with van der Waals surface area (Å²) in [6.07, 6.45) is 4.27. The molecule has 6 heteroatoms. The van der Waals surface area contributed by atoms with Crippen molar-refractivity contribution in [2.24, 2.45) is 0 Å². The molecular weight excluding hydrogens is 320 g/mol. The summed E-state index contributed by atoms with van der Waals surface area (Å²) in [5.41, 5.74) is 0.901. The average Bonchev–Trinajstić information content (AvgIpc) is 3.10. The van der Waals surface area contributed by atoms with Crippen LogP contribution in [0.3, 0.4) is 0 Å². The second kappa shape index (κ2) is 6.76. The van der Waals surface area contributed by atoms with Crippen molar-refractivity contribution in [2.75, 3.05) is 6.54 Å². The first kappa shape index (κ1) is 17.3. The van der Waals surface area contributed by atoms with Gasteiger partial charge in [0, 0.05) is 35.1 Å². The van der Waals surface area contributed by atoms with Gasteiger partial charge < -0.3 is 0 Å². The van der Waals surface area contributed by atoms with Crippen molar-refractivity contribution < 1.29 is 0 Å². The van der Waals surface area contributed by atoms with Gasteiger partial charge in [0.2, 0.25) is 0 Å². The molecule has 1 atom stereocenters. The van der Waals surface area contributed by atoms with Gasteiger partial charge in [-0.2, -0.15) is 5.10 Å². The zero-order valence-electron chi connectivity index (χ0n) is 15.0. The molecule has 0 saturated carbocycles. The summed E-state index contributed by atoms with van der Waals surface area (Å²) in [5, 5.41) is 5.73. The highest BCUT2D eigenvalue weighted by molar-refractivity contribution is 7.11. The smallest absolute Gasteiger partial charge is 0.266 e. The minimum Gasteiger partial charge on any atom is -0.293 e. The Labute approximate surface area is 147 Å². The molecule has 0 N–H and O–H groups in total. The van der Waals surface area contributed by atoms with Crippen molar-refractivity contribution in [2.45, 2.75) is 65.1 Å². The van der Waals surface area contributed by atoms with Gasteiger partial charge in [-0.25, -0.2) is 9.67 Å². The molecule has 0 aromatic carbocycles. The maximum absolute atomic E-state index is 12.2. The molecule has 1 aliphatic rings. The third kappa shape index (κ3) is 3.92. The van der Waals surface area contributed by atoms with Crippen LogP contribution >= 0.6 is 11.3 Å². The standard InChI is InChI=1S/C18H26N4OS/c1-13-19-10-15(24-13)12-21-9-5-6-14(21)11-22-17(23)8-7-16(20-22)18(2,3)4/h7-8,10,14H,5-6,9,11-12H2,1-4H3. The zero-order chi connectivity index (χ0) is 17.3. The summed E-state index contributed by atoms with van der Waals surface area (Å²) in [5.74, 6) is 0. The SMILES string of the molecule is Cc1ncc(CN2CCCC2Cn2nc(C(C)(C)C)ccc2=O)s1. The Morgan fingerprint density at radius 1 is 1.33 bits per heavy atom. The Morgan fingerprint density at radius 3 is 2.79 bits per heavy atom. The number of rotatable bonds is 4. The predicted octanol–water partition coefficient (Wildman–Crippen LogP) is 2.97. The average molecular weight is 347 g/mol. The van der Waals surface area contributed by atoms with E-state index in [1.165, 1.54) is 11.3 Å². The van der Waals surface area contributed by atoms with E-state index in [0.717, 1.165) is 30.2 Å². The topological polar surface area (TPSA) is 51.0 Å². The van der Waals surface area contributed by atoms with Crippen LogP contribution < -0.4 is 5.56 Å². The number of nitrogens with zero attached hydrogens (tertiary/aromatic N) is 4. The fourth-order valence-corrected chi connectivity index (χ4v) is 3.99. The van der Waals surface area contributed by atoms with Gasteiger partial charge in [-0.3, -0.25) is 9.69 Å². The van der Waals surface area contributed by atoms with E-state index in [1.807, 2.05) is 19.2 Å². The molecule has 130 valence electrons. The lowest BCUT2D eigenvalue weighted by Crippen LogP contribution is -2.37. The molecule has 0 radical (unpaired) electrons. The van der Waals surface area contributed by atoms with Crippen LogP contribution in [0.2, 0.25) is 0 Å². The third-order valence-corrected chi connectivity index (χ3v) is 5.44. The lowest BCUT2D eigenvalue weighted by Gasteiger charge is -2.25. The summed E-state index contributed by atoms with van der Waals surface area (Å²) >= 11 is 1.75. The van der Waals surface area contributed by atoms with E-state index >= 15 is 0 Å². The van der Waals surface area contributed by atoms with Gasteiger partial charge in [0.25, 0.3) is 5.56 Å². The van der Waals surface area contributed by atoms with E-state index in [9.17, 15) is 4.79 Å². The molecule has 1 unspecified atom stereocenters. The molecule has 3 heterocycles. The fourth-order valence-electron chi connectivity index (χ4n) is 3.17. The van der Waals surface area contributed by atoms with Gasteiger partial charge in [0.15, 0.2) is 0 Å². The molecule has 1 aliphatic heterocycles. The van der Waals surface area contributed by atoms with Crippen LogP contribution in [0.5, 0.6) is 0 Å². The lowest BCUT2D eigenvalue weighted by molar-refractivity contribution is 0.217. The monoisotopic (exact) mass is 346 g/mol. The summed E-state index contributed by atoms with van der Waals surface area (Å²) in [6, 6.07) is 3.87. The molecule has 2 aromatic rings. The highest BCUT2D eigenvalue weighted by atomic mass is 32.1. The predicted molar refractivity (Wildman–Crippen MR) is 97.5 cm³/mol. The van der Waals surface area contributed by atoms with Gasteiger partial charge in [0.05, 0.1) is 17.2 Å². The van der Waals surface area contributed by atoms with E-state index in [1.54, 1.807) is 22.1 Å². The fraction of sp³-hybridized carbons (Fsp3) is 0.611. The molecule has 24 heavy (non-hydrogen) atoms. The van der Waals surface area contributed by atoms with Crippen LogP contribution in [0.4, 0.5) is 0 Å². The maximum atomic E-state index is 12.2. The minimum atomic E-state index is -0.0506. The van der Waals surface area contributed by atoms with Crippen LogP contribution in [-0.4, -0.2) is 32.3 Å². The first-order chi connectivity index (χ1) is 11.3. The quantitative estimate of drug-likeness (QED) is 0.854. The van der Waals surface area contributed by atoms with Gasteiger partial charge in [-0.05, 0) is 32.4 Å². The largest absolute Gasteiger partial charge is 0.293 e. The Balaban J connectivity index is 1.76. The molecule has 0 spiro atoms. The summed E-state index contributed by atoms with van der Waals surface area (Å²) < 4.78 is 1.65. The molecule has 1 fully saturated rings. The number of aryl methyl sites for hydroxylation is 1. The van der Waals surface area contributed by atoms with Crippen LogP contribution in [-0.2, 0) is 18.5 Å². The second-order valence-electron chi connectivity index (χ2n) is 7.60. The first-order valence-electron chi connectivity index (χ1n) is 8.57. The number of thiazole rings is 1. The molecular formula is C18H26N4OS. The Bertz CT molecular complexity index is 759. The van der Waals surface area contributed by atoms with Gasteiger partial charge >= 0.3 is 0 Å².